The number of aliphatic hydroxyl groups is 1. The largest absolute Gasteiger partial charge is 0.386 e. The van der Waals surface area contributed by atoms with Crippen LogP contribution in [0.1, 0.15) is 51.9 Å². The van der Waals surface area contributed by atoms with Gasteiger partial charge < -0.3 is 10.4 Å². The lowest BCUT2D eigenvalue weighted by atomic mass is 9.47. The van der Waals surface area contributed by atoms with Crippen molar-refractivity contribution in [1.82, 2.24) is 5.32 Å². The van der Waals surface area contributed by atoms with Crippen molar-refractivity contribution in [2.45, 2.75) is 63.4 Å². The number of alkyl halides is 1. The summed E-state index contributed by atoms with van der Waals surface area (Å²) >= 11 is 12.1. The fourth-order valence-corrected chi connectivity index (χ4v) is 8.14. The van der Waals surface area contributed by atoms with E-state index in [4.69, 9.17) is 23.2 Å². The van der Waals surface area contributed by atoms with Crippen LogP contribution in [0.4, 0.5) is 0 Å². The molecule has 6 rings (SSSR count). The number of rotatable bonds is 7. The van der Waals surface area contributed by atoms with Crippen molar-refractivity contribution in [3.8, 4) is 0 Å². The van der Waals surface area contributed by atoms with Crippen LogP contribution in [0, 0.1) is 29.1 Å². The maximum atomic E-state index is 10.1. The summed E-state index contributed by atoms with van der Waals surface area (Å²) in [5.74, 6) is 3.58. The summed E-state index contributed by atoms with van der Waals surface area (Å²) in [5.41, 5.74) is 4.41. The first kappa shape index (κ1) is 22.9. The normalized spacial score (nSPS) is 40.9. The monoisotopic (exact) mass is 474 g/mol. The third kappa shape index (κ3) is 4.82. The molecule has 0 saturated heterocycles. The first-order valence-electron chi connectivity index (χ1n) is 12.4. The first-order chi connectivity index (χ1) is 15.4. The minimum Gasteiger partial charge on any atom is -0.386 e. The number of nitrogens with zero attached hydrogens (tertiary/aromatic N) is 1. The highest BCUT2D eigenvalue weighted by Gasteiger charge is 2.52. The molecular formula is C27H36Cl2N2O. The van der Waals surface area contributed by atoms with Gasteiger partial charge in [0.15, 0.2) is 0 Å². The average molecular weight is 476 g/mol. The lowest BCUT2D eigenvalue weighted by molar-refractivity contribution is -0.0329. The van der Waals surface area contributed by atoms with Crippen molar-refractivity contribution in [3.63, 3.8) is 0 Å². The molecule has 0 spiro atoms. The Bertz CT molecular complexity index is 849. The second kappa shape index (κ2) is 9.41. The lowest BCUT2D eigenvalue weighted by Crippen LogP contribution is -2.47. The van der Waals surface area contributed by atoms with Crippen molar-refractivity contribution in [2.75, 3.05) is 19.6 Å². The summed E-state index contributed by atoms with van der Waals surface area (Å²) in [6, 6.07) is 0. The average Bonchev–Trinajstić information content (AvgIpc) is 2.72. The van der Waals surface area contributed by atoms with Crippen molar-refractivity contribution < 1.29 is 5.11 Å². The standard InChI is InChI=1S/C27H36Cl2N2O/c1-17-4-21(15-30-2-3-31-16-22-10-24(28)11-25(29)26(22)32)9-23(5-17)27-12-18-6-19(13-27)8-20(7-18)14-27/h4-5,10-11,16,18-21,25-26,30,32H,2-3,6-9,12-15H2,1H3. The van der Waals surface area contributed by atoms with Crippen LogP contribution in [0.15, 0.2) is 51.0 Å². The summed E-state index contributed by atoms with van der Waals surface area (Å²) in [4.78, 5) is 4.47. The van der Waals surface area contributed by atoms with Gasteiger partial charge in [-0.2, -0.15) is 0 Å². The van der Waals surface area contributed by atoms with Crippen LogP contribution in [0.3, 0.4) is 0 Å². The van der Waals surface area contributed by atoms with Crippen LogP contribution in [0.2, 0.25) is 0 Å². The van der Waals surface area contributed by atoms with E-state index >= 15 is 0 Å². The van der Waals surface area contributed by atoms with E-state index < -0.39 is 11.5 Å². The van der Waals surface area contributed by atoms with Gasteiger partial charge in [0.25, 0.3) is 0 Å². The second-order valence-corrected chi connectivity index (χ2v) is 12.0. The molecular weight excluding hydrogens is 439 g/mol. The molecule has 3 atom stereocenters. The zero-order valence-corrected chi connectivity index (χ0v) is 20.6. The van der Waals surface area contributed by atoms with Gasteiger partial charge in [0, 0.05) is 29.9 Å². The molecule has 0 heterocycles. The van der Waals surface area contributed by atoms with Crippen LogP contribution in [-0.2, 0) is 0 Å². The number of nitrogens with one attached hydrogen (secondary N) is 1. The Kier molecular flexibility index (Phi) is 6.73. The summed E-state index contributed by atoms with van der Waals surface area (Å²) in [6.07, 6.45) is 19.5. The highest BCUT2D eigenvalue weighted by molar-refractivity contribution is 6.33. The molecule has 0 radical (unpaired) electrons. The number of hydrogen-bond donors (Lipinski definition) is 2. The van der Waals surface area contributed by atoms with Crippen molar-refractivity contribution >= 4 is 29.4 Å². The quantitative estimate of drug-likeness (QED) is 0.278. The van der Waals surface area contributed by atoms with Crippen LogP contribution < -0.4 is 5.32 Å². The van der Waals surface area contributed by atoms with Gasteiger partial charge in [0.2, 0.25) is 0 Å². The van der Waals surface area contributed by atoms with E-state index in [1.165, 1.54) is 50.5 Å². The number of halogens is 2. The molecule has 6 aliphatic rings. The second-order valence-electron chi connectivity index (χ2n) is 11.1. The van der Waals surface area contributed by atoms with E-state index in [2.05, 4.69) is 29.4 Å². The molecule has 6 aliphatic carbocycles. The summed E-state index contributed by atoms with van der Waals surface area (Å²) in [7, 11) is 0. The molecule has 2 N–H and O–H groups in total. The smallest absolute Gasteiger partial charge is 0.100 e. The molecule has 4 saturated carbocycles. The Morgan fingerprint density at radius 2 is 1.81 bits per heavy atom. The van der Waals surface area contributed by atoms with E-state index in [1.807, 2.05) is 0 Å². The fourth-order valence-electron chi connectivity index (χ4n) is 7.53. The molecule has 32 heavy (non-hydrogen) atoms. The van der Waals surface area contributed by atoms with Gasteiger partial charge in [-0.25, -0.2) is 0 Å². The predicted molar refractivity (Wildman–Crippen MR) is 134 cm³/mol. The minimum absolute atomic E-state index is 0.496. The van der Waals surface area contributed by atoms with Gasteiger partial charge in [0.1, 0.15) is 6.10 Å². The van der Waals surface area contributed by atoms with Gasteiger partial charge in [0.05, 0.1) is 11.9 Å². The maximum absolute atomic E-state index is 10.1. The first-order valence-corrected chi connectivity index (χ1v) is 13.2. The van der Waals surface area contributed by atoms with Gasteiger partial charge in [-0.1, -0.05) is 34.9 Å². The molecule has 3 nitrogen and oxygen atoms in total. The molecule has 0 aliphatic heterocycles. The Hall–Kier alpha value is -0.870. The molecule has 4 bridgehead atoms. The topological polar surface area (TPSA) is 44.6 Å². The molecule has 3 unspecified atom stereocenters. The molecule has 0 amide bonds. The Balaban J connectivity index is 1.11. The molecule has 0 aromatic carbocycles. The Labute approximate surface area is 202 Å². The third-order valence-corrected chi connectivity index (χ3v) is 9.03. The third-order valence-electron chi connectivity index (χ3n) is 8.43. The van der Waals surface area contributed by atoms with E-state index in [0.717, 1.165) is 30.8 Å². The van der Waals surface area contributed by atoms with E-state index in [-0.39, 0.29) is 0 Å². The summed E-state index contributed by atoms with van der Waals surface area (Å²) < 4.78 is 0. The predicted octanol–water partition coefficient (Wildman–Crippen LogP) is 5.79. The van der Waals surface area contributed by atoms with E-state index in [1.54, 1.807) is 23.9 Å². The van der Waals surface area contributed by atoms with Gasteiger partial charge in [-0.05, 0) is 93.1 Å². The summed E-state index contributed by atoms with van der Waals surface area (Å²) in [6.45, 7) is 4.78. The van der Waals surface area contributed by atoms with Crippen molar-refractivity contribution in [1.29, 1.82) is 0 Å². The van der Waals surface area contributed by atoms with Crippen LogP contribution in [0.5, 0.6) is 0 Å². The highest BCUT2D eigenvalue weighted by atomic mass is 35.5. The molecule has 0 aromatic heterocycles. The molecule has 0 aromatic rings. The number of aliphatic imine (C=N–C) groups is 1. The fraction of sp³-hybridized carbons (Fsp3) is 0.667. The van der Waals surface area contributed by atoms with E-state index in [9.17, 15) is 5.11 Å². The van der Waals surface area contributed by atoms with Crippen LogP contribution in [0.25, 0.3) is 0 Å². The molecule has 4 fully saturated rings. The molecule has 174 valence electrons. The number of hydrogen-bond acceptors (Lipinski definition) is 3. The van der Waals surface area contributed by atoms with E-state index in [0.29, 0.717) is 28.5 Å². The zero-order chi connectivity index (χ0) is 22.3. The van der Waals surface area contributed by atoms with Crippen molar-refractivity contribution in [2.24, 2.45) is 34.1 Å². The van der Waals surface area contributed by atoms with Gasteiger partial charge >= 0.3 is 0 Å². The van der Waals surface area contributed by atoms with Gasteiger partial charge in [-0.15, -0.1) is 11.6 Å². The summed E-state index contributed by atoms with van der Waals surface area (Å²) in [5, 5.41) is 13.8. The number of allylic oxidation sites excluding steroid dienone is 5. The highest BCUT2D eigenvalue weighted by Crippen LogP contribution is 2.63. The maximum Gasteiger partial charge on any atom is 0.100 e. The Morgan fingerprint density at radius 3 is 2.50 bits per heavy atom. The van der Waals surface area contributed by atoms with Crippen LogP contribution >= 0.6 is 23.2 Å². The minimum atomic E-state index is -0.749. The SMILES string of the molecule is CC1=CC(CNCCN=CC2=CC(Cl)=CC(Cl)C2O)CC(C23CC4CC(CC(C4)C2)C3)=C1. The Morgan fingerprint density at radius 1 is 1.12 bits per heavy atom. The molecule has 5 heteroatoms. The van der Waals surface area contributed by atoms with Crippen molar-refractivity contribution in [3.05, 3.63) is 46.1 Å². The zero-order valence-electron chi connectivity index (χ0n) is 19.1. The van der Waals surface area contributed by atoms with Gasteiger partial charge in [-0.3, -0.25) is 4.99 Å². The van der Waals surface area contributed by atoms with Crippen LogP contribution in [-0.4, -0.2) is 42.4 Å². The lowest BCUT2D eigenvalue weighted by Gasteiger charge is -2.58. The number of aliphatic hydroxyl groups excluding tert-OH is 1.